The van der Waals surface area contributed by atoms with Gasteiger partial charge in [0.25, 0.3) is 5.69 Å². The van der Waals surface area contributed by atoms with Gasteiger partial charge in [0.15, 0.2) is 0 Å². The summed E-state index contributed by atoms with van der Waals surface area (Å²) in [6.07, 6.45) is 1.51. The molecule has 0 aliphatic heterocycles. The van der Waals surface area contributed by atoms with Gasteiger partial charge in [0, 0.05) is 16.2 Å². The van der Waals surface area contributed by atoms with Gasteiger partial charge in [0.1, 0.15) is 12.4 Å². The first-order chi connectivity index (χ1) is 9.90. The topological polar surface area (TPSA) is 65.3 Å². The molecule has 0 saturated heterocycles. The highest BCUT2D eigenvalue weighted by Crippen LogP contribution is 2.26. The van der Waals surface area contributed by atoms with E-state index in [-0.39, 0.29) is 17.2 Å². The van der Waals surface area contributed by atoms with Crippen molar-refractivity contribution in [3.63, 3.8) is 0 Å². The van der Waals surface area contributed by atoms with E-state index < -0.39 is 0 Å². The van der Waals surface area contributed by atoms with Crippen molar-refractivity contribution in [2.45, 2.75) is 27.4 Å². The summed E-state index contributed by atoms with van der Waals surface area (Å²) >= 11 is 3.39. The maximum atomic E-state index is 11.1. The average Bonchev–Trinajstić information content (AvgIpc) is 2.39. The van der Waals surface area contributed by atoms with E-state index >= 15 is 0 Å². The van der Waals surface area contributed by atoms with E-state index in [1.807, 2.05) is 25.1 Å². The number of benzene rings is 1. The van der Waals surface area contributed by atoms with Crippen molar-refractivity contribution in [2.75, 3.05) is 0 Å². The zero-order chi connectivity index (χ0) is 15.6. The monoisotopic (exact) mass is 350 g/mol. The minimum Gasteiger partial charge on any atom is -0.487 e. The van der Waals surface area contributed by atoms with Gasteiger partial charge in [-0.1, -0.05) is 15.9 Å². The van der Waals surface area contributed by atoms with Crippen LogP contribution < -0.4 is 4.74 Å². The Morgan fingerprint density at radius 1 is 1.29 bits per heavy atom. The molecule has 0 unspecified atom stereocenters. The number of ether oxygens (including phenoxy) is 1. The zero-order valence-corrected chi connectivity index (χ0v) is 13.6. The fourth-order valence-electron chi connectivity index (χ4n) is 2.11. The summed E-state index contributed by atoms with van der Waals surface area (Å²) in [5.41, 5.74) is 2.78. The molecule has 1 aromatic carbocycles. The van der Waals surface area contributed by atoms with Gasteiger partial charge in [0.05, 0.1) is 16.2 Å². The highest BCUT2D eigenvalue weighted by Gasteiger charge is 2.19. The molecule has 6 heteroatoms. The van der Waals surface area contributed by atoms with Crippen LogP contribution in [0.2, 0.25) is 0 Å². The highest BCUT2D eigenvalue weighted by atomic mass is 79.9. The smallest absolute Gasteiger partial charge is 0.278 e. The number of nitrogens with zero attached hydrogens (tertiary/aromatic N) is 2. The van der Waals surface area contributed by atoms with Crippen molar-refractivity contribution in [3.05, 3.63) is 61.4 Å². The van der Waals surface area contributed by atoms with Crippen LogP contribution in [0.25, 0.3) is 0 Å². The van der Waals surface area contributed by atoms with E-state index in [9.17, 15) is 10.1 Å². The lowest BCUT2D eigenvalue weighted by Crippen LogP contribution is -2.06. The molecule has 1 aromatic heterocycles. The Labute approximate surface area is 131 Å². The summed E-state index contributed by atoms with van der Waals surface area (Å²) < 4.78 is 6.71. The van der Waals surface area contributed by atoms with Crippen LogP contribution in [0.5, 0.6) is 5.75 Å². The molecular weight excluding hydrogens is 336 g/mol. The Balaban J connectivity index is 2.24. The Bertz CT molecular complexity index is 702. The third-order valence-electron chi connectivity index (χ3n) is 3.26. The first-order valence-corrected chi connectivity index (χ1v) is 7.18. The summed E-state index contributed by atoms with van der Waals surface area (Å²) in [5.74, 6) is 0.739. The number of aromatic nitrogens is 1. The Morgan fingerprint density at radius 2 is 2.00 bits per heavy atom. The van der Waals surface area contributed by atoms with Crippen LogP contribution in [0.3, 0.4) is 0 Å². The van der Waals surface area contributed by atoms with Crippen LogP contribution in [-0.4, -0.2) is 9.91 Å². The van der Waals surface area contributed by atoms with Gasteiger partial charge in [-0.2, -0.15) is 0 Å². The second kappa shape index (κ2) is 6.22. The Morgan fingerprint density at radius 3 is 2.62 bits per heavy atom. The number of pyridine rings is 1. The number of hydrogen-bond donors (Lipinski definition) is 0. The highest BCUT2D eigenvalue weighted by molar-refractivity contribution is 9.10. The van der Waals surface area contributed by atoms with Gasteiger partial charge in [0.2, 0.25) is 0 Å². The quantitative estimate of drug-likeness (QED) is 0.610. The molecule has 0 N–H and O–H groups in total. The molecule has 0 bridgehead atoms. The molecule has 0 radical (unpaired) electrons. The van der Waals surface area contributed by atoms with Gasteiger partial charge < -0.3 is 4.74 Å². The van der Waals surface area contributed by atoms with Crippen molar-refractivity contribution in [1.82, 2.24) is 4.98 Å². The third-order valence-corrected chi connectivity index (χ3v) is 3.75. The number of halogens is 1. The summed E-state index contributed by atoms with van der Waals surface area (Å²) in [6, 6.07) is 5.70. The maximum absolute atomic E-state index is 11.1. The minimum atomic E-state index is -0.374. The van der Waals surface area contributed by atoms with Gasteiger partial charge in [-0.05, 0) is 44.5 Å². The first-order valence-electron chi connectivity index (χ1n) is 6.38. The molecule has 0 atom stereocenters. The number of rotatable bonds is 4. The molecule has 21 heavy (non-hydrogen) atoms. The van der Waals surface area contributed by atoms with Gasteiger partial charge in [-0.3, -0.25) is 15.1 Å². The van der Waals surface area contributed by atoms with Crippen molar-refractivity contribution < 1.29 is 9.66 Å². The fourth-order valence-corrected chi connectivity index (χ4v) is 2.59. The predicted molar refractivity (Wildman–Crippen MR) is 83.6 cm³/mol. The first kappa shape index (κ1) is 15.4. The van der Waals surface area contributed by atoms with Gasteiger partial charge in [-0.25, -0.2) is 0 Å². The summed E-state index contributed by atoms with van der Waals surface area (Å²) in [6.45, 7) is 5.53. The molecule has 110 valence electrons. The van der Waals surface area contributed by atoms with Crippen LogP contribution in [-0.2, 0) is 6.61 Å². The minimum absolute atomic E-state index is 0.108. The van der Waals surface area contributed by atoms with E-state index in [0.29, 0.717) is 16.8 Å². The van der Waals surface area contributed by atoms with Gasteiger partial charge >= 0.3 is 0 Å². The van der Waals surface area contributed by atoms with Crippen LogP contribution in [0, 0.1) is 30.9 Å². The maximum Gasteiger partial charge on any atom is 0.278 e. The largest absolute Gasteiger partial charge is 0.487 e. The molecule has 0 fully saturated rings. The van der Waals surface area contributed by atoms with E-state index in [4.69, 9.17) is 4.74 Å². The summed E-state index contributed by atoms with van der Waals surface area (Å²) in [5, 5.41) is 11.1. The molecule has 0 saturated carbocycles. The number of aryl methyl sites for hydroxylation is 2. The van der Waals surface area contributed by atoms with E-state index in [1.54, 1.807) is 13.8 Å². The van der Waals surface area contributed by atoms with Crippen LogP contribution >= 0.6 is 15.9 Å². The van der Waals surface area contributed by atoms with Crippen LogP contribution in [0.4, 0.5) is 5.69 Å². The SMILES string of the molecule is Cc1cc(Br)ccc1OCc1ncc(C)c([N+](=O)[O-])c1C. The lowest BCUT2D eigenvalue weighted by atomic mass is 10.1. The van der Waals surface area contributed by atoms with Crippen molar-refractivity contribution in [3.8, 4) is 5.75 Å². The molecule has 2 rings (SSSR count). The molecule has 0 spiro atoms. The second-order valence-electron chi connectivity index (χ2n) is 4.82. The third kappa shape index (κ3) is 3.39. The van der Waals surface area contributed by atoms with E-state index in [0.717, 1.165) is 15.8 Å². The molecule has 2 aromatic rings. The Kier molecular flexibility index (Phi) is 4.57. The van der Waals surface area contributed by atoms with Crippen LogP contribution in [0.15, 0.2) is 28.9 Å². The molecule has 0 amide bonds. The predicted octanol–water partition coefficient (Wildman–Crippen LogP) is 4.26. The van der Waals surface area contributed by atoms with E-state index in [2.05, 4.69) is 20.9 Å². The van der Waals surface area contributed by atoms with Crippen LogP contribution in [0.1, 0.15) is 22.4 Å². The molecule has 0 aliphatic rings. The normalized spacial score (nSPS) is 10.5. The second-order valence-corrected chi connectivity index (χ2v) is 5.73. The standard InChI is InChI=1S/C15H15BrN2O3/c1-9-6-12(16)4-5-14(9)21-8-13-11(3)15(18(19)20)10(2)7-17-13/h4-7H,8H2,1-3H3. The zero-order valence-electron chi connectivity index (χ0n) is 12.0. The van der Waals surface area contributed by atoms with E-state index in [1.165, 1.54) is 6.20 Å². The number of hydrogen-bond acceptors (Lipinski definition) is 4. The van der Waals surface area contributed by atoms with Crippen molar-refractivity contribution in [1.29, 1.82) is 0 Å². The molecule has 1 heterocycles. The van der Waals surface area contributed by atoms with Crippen molar-refractivity contribution in [2.24, 2.45) is 0 Å². The lowest BCUT2D eigenvalue weighted by Gasteiger charge is -2.11. The van der Waals surface area contributed by atoms with Crippen molar-refractivity contribution >= 4 is 21.6 Å². The number of nitro groups is 1. The Hall–Kier alpha value is -1.95. The summed E-state index contributed by atoms with van der Waals surface area (Å²) in [4.78, 5) is 15.0. The fraction of sp³-hybridized carbons (Fsp3) is 0.267. The average molecular weight is 351 g/mol. The molecule has 5 nitrogen and oxygen atoms in total. The lowest BCUT2D eigenvalue weighted by molar-refractivity contribution is -0.386. The molecular formula is C15H15BrN2O3. The van der Waals surface area contributed by atoms with Gasteiger partial charge in [-0.15, -0.1) is 0 Å². The molecule has 0 aliphatic carbocycles. The summed E-state index contributed by atoms with van der Waals surface area (Å²) in [7, 11) is 0.